The average molecular weight is 437 g/mol. The van der Waals surface area contributed by atoms with Gasteiger partial charge in [0.25, 0.3) is 0 Å². The lowest BCUT2D eigenvalue weighted by atomic mass is 10.3. The fourth-order valence-electron chi connectivity index (χ4n) is 1.88. The SMILES string of the molecule is CN=C(NCCCCSC)N(C)CCOc1ccccc1.I. The smallest absolute Gasteiger partial charge is 0.193 e. The number of aliphatic imine (C=N–C) groups is 1. The number of halogens is 1. The predicted molar refractivity (Wildman–Crippen MR) is 109 cm³/mol. The summed E-state index contributed by atoms with van der Waals surface area (Å²) in [5.41, 5.74) is 0. The normalized spacial score (nSPS) is 10.8. The van der Waals surface area contributed by atoms with E-state index in [2.05, 4.69) is 21.5 Å². The summed E-state index contributed by atoms with van der Waals surface area (Å²) in [6.45, 7) is 2.42. The first kappa shape index (κ1) is 21.4. The molecule has 0 unspecified atom stereocenters. The number of thioether (sulfide) groups is 1. The van der Waals surface area contributed by atoms with Crippen LogP contribution in [0.4, 0.5) is 0 Å². The maximum atomic E-state index is 5.70. The Kier molecular flexibility index (Phi) is 13.6. The summed E-state index contributed by atoms with van der Waals surface area (Å²) in [7, 11) is 3.85. The molecule has 22 heavy (non-hydrogen) atoms. The molecule has 0 spiro atoms. The molecule has 0 saturated heterocycles. The topological polar surface area (TPSA) is 36.9 Å². The zero-order valence-corrected chi connectivity index (χ0v) is 16.9. The maximum Gasteiger partial charge on any atom is 0.193 e. The Balaban J connectivity index is 0.00000441. The molecule has 0 aromatic heterocycles. The molecule has 1 rings (SSSR count). The van der Waals surface area contributed by atoms with Crippen LogP contribution in [0, 0.1) is 0 Å². The van der Waals surface area contributed by atoms with Crippen molar-refractivity contribution in [2.75, 3.05) is 45.8 Å². The second-order valence-electron chi connectivity index (χ2n) is 4.76. The van der Waals surface area contributed by atoms with Gasteiger partial charge in [0, 0.05) is 20.6 Å². The second kappa shape index (κ2) is 14.0. The van der Waals surface area contributed by atoms with E-state index in [0.717, 1.165) is 24.8 Å². The lowest BCUT2D eigenvalue weighted by Crippen LogP contribution is -2.41. The zero-order valence-electron chi connectivity index (χ0n) is 13.7. The highest BCUT2D eigenvalue weighted by Crippen LogP contribution is 2.07. The minimum absolute atomic E-state index is 0. The first-order chi connectivity index (χ1) is 10.3. The number of ether oxygens (including phenoxy) is 1. The fourth-order valence-corrected chi connectivity index (χ4v) is 2.37. The van der Waals surface area contributed by atoms with Crippen molar-refractivity contribution in [3.63, 3.8) is 0 Å². The van der Waals surface area contributed by atoms with E-state index in [4.69, 9.17) is 4.74 Å². The first-order valence-corrected chi connectivity index (χ1v) is 8.76. The Labute approximate surface area is 156 Å². The van der Waals surface area contributed by atoms with Crippen LogP contribution in [-0.2, 0) is 0 Å². The van der Waals surface area contributed by atoms with Crippen LogP contribution < -0.4 is 10.1 Å². The molecule has 126 valence electrons. The van der Waals surface area contributed by atoms with Gasteiger partial charge in [-0.3, -0.25) is 4.99 Å². The van der Waals surface area contributed by atoms with E-state index in [1.54, 1.807) is 0 Å². The van der Waals surface area contributed by atoms with E-state index in [1.165, 1.54) is 18.6 Å². The largest absolute Gasteiger partial charge is 0.492 e. The molecule has 0 fully saturated rings. The van der Waals surface area contributed by atoms with E-state index in [-0.39, 0.29) is 24.0 Å². The van der Waals surface area contributed by atoms with Gasteiger partial charge < -0.3 is 15.0 Å². The third-order valence-corrected chi connectivity index (χ3v) is 3.77. The van der Waals surface area contributed by atoms with Gasteiger partial charge >= 0.3 is 0 Å². The molecule has 0 atom stereocenters. The molecule has 0 saturated carbocycles. The Morgan fingerprint density at radius 2 is 2.00 bits per heavy atom. The summed E-state index contributed by atoms with van der Waals surface area (Å²) < 4.78 is 5.70. The number of likely N-dealkylation sites (N-methyl/N-ethyl adjacent to an activating group) is 1. The Morgan fingerprint density at radius 3 is 2.64 bits per heavy atom. The van der Waals surface area contributed by atoms with Gasteiger partial charge in [-0.15, -0.1) is 24.0 Å². The van der Waals surface area contributed by atoms with Crippen LogP contribution >= 0.6 is 35.7 Å². The number of guanidine groups is 1. The van der Waals surface area contributed by atoms with Crippen LogP contribution in [0.25, 0.3) is 0 Å². The van der Waals surface area contributed by atoms with Gasteiger partial charge in [-0.2, -0.15) is 11.8 Å². The summed E-state index contributed by atoms with van der Waals surface area (Å²) >= 11 is 1.90. The van der Waals surface area contributed by atoms with Gasteiger partial charge in [0.2, 0.25) is 0 Å². The summed E-state index contributed by atoms with van der Waals surface area (Å²) in [5, 5.41) is 3.39. The third kappa shape index (κ3) is 9.40. The molecule has 0 bridgehead atoms. The number of rotatable bonds is 9. The predicted octanol–water partition coefficient (Wildman–Crippen LogP) is 3.33. The average Bonchev–Trinajstić information content (AvgIpc) is 2.52. The van der Waals surface area contributed by atoms with Crippen molar-refractivity contribution in [3.8, 4) is 5.75 Å². The van der Waals surface area contributed by atoms with E-state index in [1.807, 2.05) is 56.2 Å². The highest BCUT2D eigenvalue weighted by molar-refractivity contribution is 14.0. The number of hydrogen-bond acceptors (Lipinski definition) is 3. The molecule has 6 heteroatoms. The van der Waals surface area contributed by atoms with Crippen LogP contribution in [0.5, 0.6) is 5.75 Å². The van der Waals surface area contributed by atoms with E-state index in [9.17, 15) is 0 Å². The van der Waals surface area contributed by atoms with E-state index < -0.39 is 0 Å². The number of nitrogens with one attached hydrogen (secondary N) is 1. The van der Waals surface area contributed by atoms with Gasteiger partial charge in [0.1, 0.15) is 12.4 Å². The summed E-state index contributed by atoms with van der Waals surface area (Å²) in [6, 6.07) is 9.89. The Hall–Kier alpha value is -0.630. The molecule has 0 heterocycles. The molecular formula is C16H28IN3OS. The highest BCUT2D eigenvalue weighted by Gasteiger charge is 2.05. The number of nitrogens with zero attached hydrogens (tertiary/aromatic N) is 2. The van der Waals surface area contributed by atoms with Crippen molar-refractivity contribution in [3.05, 3.63) is 30.3 Å². The molecule has 4 nitrogen and oxygen atoms in total. The van der Waals surface area contributed by atoms with E-state index >= 15 is 0 Å². The number of unbranched alkanes of at least 4 members (excludes halogenated alkanes) is 1. The van der Waals surface area contributed by atoms with Gasteiger partial charge in [-0.25, -0.2) is 0 Å². The lowest BCUT2D eigenvalue weighted by molar-refractivity contribution is 0.281. The molecule has 0 aliphatic carbocycles. The minimum atomic E-state index is 0. The van der Waals surface area contributed by atoms with Crippen molar-refractivity contribution < 1.29 is 4.74 Å². The van der Waals surface area contributed by atoms with Gasteiger partial charge in [-0.1, -0.05) is 18.2 Å². The molecule has 0 radical (unpaired) electrons. The molecule has 0 aliphatic heterocycles. The summed E-state index contributed by atoms with van der Waals surface area (Å²) in [4.78, 5) is 6.40. The molecule has 1 N–H and O–H groups in total. The van der Waals surface area contributed by atoms with Gasteiger partial charge in [-0.05, 0) is 37.0 Å². The second-order valence-corrected chi connectivity index (χ2v) is 5.74. The van der Waals surface area contributed by atoms with Gasteiger partial charge in [0.15, 0.2) is 5.96 Å². The number of benzene rings is 1. The van der Waals surface area contributed by atoms with Gasteiger partial charge in [0.05, 0.1) is 6.54 Å². The molecular weight excluding hydrogens is 409 g/mol. The third-order valence-electron chi connectivity index (χ3n) is 3.07. The maximum absolute atomic E-state index is 5.70. The van der Waals surface area contributed by atoms with Crippen molar-refractivity contribution in [2.45, 2.75) is 12.8 Å². The van der Waals surface area contributed by atoms with E-state index in [0.29, 0.717) is 6.61 Å². The van der Waals surface area contributed by atoms with Crippen LogP contribution in [0.3, 0.4) is 0 Å². The van der Waals surface area contributed by atoms with Crippen LogP contribution in [0.2, 0.25) is 0 Å². The quantitative estimate of drug-likeness (QED) is 0.278. The summed E-state index contributed by atoms with van der Waals surface area (Å²) in [6.07, 6.45) is 4.56. The molecule has 0 amide bonds. The fraction of sp³-hybridized carbons (Fsp3) is 0.562. The van der Waals surface area contributed by atoms with Crippen molar-refractivity contribution in [2.24, 2.45) is 4.99 Å². The number of para-hydroxylation sites is 1. The molecule has 1 aromatic carbocycles. The van der Waals surface area contributed by atoms with Crippen molar-refractivity contribution in [1.29, 1.82) is 0 Å². The molecule has 1 aromatic rings. The lowest BCUT2D eigenvalue weighted by Gasteiger charge is -2.22. The van der Waals surface area contributed by atoms with Crippen LogP contribution in [-0.4, -0.2) is 56.7 Å². The minimum Gasteiger partial charge on any atom is -0.492 e. The van der Waals surface area contributed by atoms with Crippen molar-refractivity contribution in [1.82, 2.24) is 10.2 Å². The first-order valence-electron chi connectivity index (χ1n) is 7.36. The monoisotopic (exact) mass is 437 g/mol. The summed E-state index contributed by atoms with van der Waals surface area (Å²) in [5.74, 6) is 3.06. The highest BCUT2D eigenvalue weighted by atomic mass is 127. The van der Waals surface area contributed by atoms with Crippen LogP contribution in [0.15, 0.2) is 35.3 Å². The Morgan fingerprint density at radius 1 is 1.27 bits per heavy atom. The standard InChI is InChI=1S/C16H27N3OS.HI/c1-17-16(18-11-7-8-14-21-3)19(2)12-13-20-15-9-5-4-6-10-15;/h4-6,9-10H,7-8,11-14H2,1-3H3,(H,17,18);1H. The Bertz CT molecular complexity index is 404. The van der Waals surface area contributed by atoms with Crippen molar-refractivity contribution >= 4 is 41.7 Å². The number of hydrogen-bond donors (Lipinski definition) is 1. The zero-order chi connectivity index (χ0) is 15.3. The molecule has 0 aliphatic rings. The van der Waals surface area contributed by atoms with Crippen LogP contribution in [0.1, 0.15) is 12.8 Å².